The average molecular weight is 278 g/mol. The Hall–Kier alpha value is -0.390. The van der Waals surface area contributed by atoms with E-state index < -0.39 is 0 Å². The molecule has 0 aliphatic rings. The molecular weight excluding hydrogens is 266 g/mol. The maximum absolute atomic E-state index is 11.5. The molecule has 14 heavy (non-hydrogen) atoms. The number of hydrogen-bond acceptors (Lipinski definition) is 3. The van der Waals surface area contributed by atoms with E-state index in [1.807, 2.05) is 20.8 Å². The van der Waals surface area contributed by atoms with E-state index in [1.54, 1.807) is 11.4 Å². The van der Waals surface area contributed by atoms with Crippen LogP contribution in [-0.2, 0) is 4.84 Å². The molecule has 0 aliphatic carbocycles. The summed E-state index contributed by atoms with van der Waals surface area (Å²) in [4.78, 5) is 16.6. The number of rotatable bonds is 2. The molecule has 0 atom stereocenters. The molecule has 1 amide bonds. The third kappa shape index (κ3) is 3.77. The van der Waals surface area contributed by atoms with Gasteiger partial charge in [-0.15, -0.1) is 11.3 Å². The Bertz CT molecular complexity index is 330. The number of carbonyl (C=O) groups excluding carboxylic acids is 1. The Labute approximate surface area is 95.5 Å². The standard InChI is InChI=1S/C9H12BrNO2S/c1-9(2,3)13-11-8(12)6-4-7(10)14-5-6/h4-5H,1-3H3,(H,11,12). The van der Waals surface area contributed by atoms with Crippen molar-refractivity contribution in [1.82, 2.24) is 5.48 Å². The Balaban J connectivity index is 2.52. The molecule has 0 saturated heterocycles. The van der Waals surface area contributed by atoms with E-state index in [4.69, 9.17) is 4.84 Å². The molecule has 0 unspecified atom stereocenters. The van der Waals surface area contributed by atoms with Crippen LogP contribution in [0.4, 0.5) is 0 Å². The Morgan fingerprint density at radius 1 is 1.57 bits per heavy atom. The van der Waals surface area contributed by atoms with Gasteiger partial charge in [0.1, 0.15) is 0 Å². The molecule has 1 heterocycles. The van der Waals surface area contributed by atoms with Crippen molar-refractivity contribution in [3.63, 3.8) is 0 Å². The minimum absolute atomic E-state index is 0.220. The van der Waals surface area contributed by atoms with Crippen LogP contribution in [0.25, 0.3) is 0 Å². The molecule has 1 rings (SSSR count). The van der Waals surface area contributed by atoms with Crippen molar-refractivity contribution in [2.75, 3.05) is 0 Å². The van der Waals surface area contributed by atoms with Gasteiger partial charge in [0, 0.05) is 5.38 Å². The highest BCUT2D eigenvalue weighted by atomic mass is 79.9. The first kappa shape index (κ1) is 11.7. The average Bonchev–Trinajstić information content (AvgIpc) is 2.46. The van der Waals surface area contributed by atoms with Crippen LogP contribution in [0.5, 0.6) is 0 Å². The first-order valence-electron chi connectivity index (χ1n) is 4.11. The number of hydroxylamine groups is 1. The first-order valence-corrected chi connectivity index (χ1v) is 5.78. The predicted octanol–water partition coefficient (Wildman–Crippen LogP) is 2.97. The number of carbonyl (C=O) groups is 1. The normalized spacial score (nSPS) is 11.4. The molecule has 1 aromatic heterocycles. The van der Waals surface area contributed by atoms with E-state index >= 15 is 0 Å². The topological polar surface area (TPSA) is 38.3 Å². The molecule has 0 saturated carbocycles. The molecular formula is C9H12BrNO2S. The van der Waals surface area contributed by atoms with Gasteiger partial charge in [0.25, 0.3) is 5.91 Å². The second-order valence-corrected chi connectivity index (χ2v) is 6.08. The van der Waals surface area contributed by atoms with Crippen LogP contribution in [-0.4, -0.2) is 11.5 Å². The van der Waals surface area contributed by atoms with Crippen molar-refractivity contribution in [2.45, 2.75) is 26.4 Å². The summed E-state index contributed by atoms with van der Waals surface area (Å²) in [6.07, 6.45) is 0. The van der Waals surface area contributed by atoms with Crippen molar-refractivity contribution in [1.29, 1.82) is 0 Å². The van der Waals surface area contributed by atoms with E-state index in [0.717, 1.165) is 3.79 Å². The van der Waals surface area contributed by atoms with E-state index in [9.17, 15) is 4.79 Å². The van der Waals surface area contributed by atoms with Gasteiger partial charge >= 0.3 is 0 Å². The number of nitrogens with one attached hydrogen (secondary N) is 1. The fourth-order valence-electron chi connectivity index (χ4n) is 0.688. The molecule has 3 nitrogen and oxygen atoms in total. The van der Waals surface area contributed by atoms with Gasteiger partial charge in [-0.1, -0.05) is 0 Å². The molecule has 1 N–H and O–H groups in total. The van der Waals surface area contributed by atoms with Crippen molar-refractivity contribution < 1.29 is 9.63 Å². The van der Waals surface area contributed by atoms with Crippen LogP contribution >= 0.6 is 27.3 Å². The van der Waals surface area contributed by atoms with Crippen molar-refractivity contribution in [3.05, 3.63) is 20.8 Å². The van der Waals surface area contributed by atoms with Crippen molar-refractivity contribution >= 4 is 33.2 Å². The Kier molecular flexibility index (Phi) is 3.69. The monoisotopic (exact) mass is 277 g/mol. The maximum atomic E-state index is 11.5. The minimum Gasteiger partial charge on any atom is -0.268 e. The van der Waals surface area contributed by atoms with Crippen LogP contribution in [0.1, 0.15) is 31.1 Å². The van der Waals surface area contributed by atoms with Crippen molar-refractivity contribution in [2.24, 2.45) is 0 Å². The lowest BCUT2D eigenvalue weighted by Crippen LogP contribution is -2.33. The molecule has 0 aromatic carbocycles. The SMILES string of the molecule is CC(C)(C)ONC(=O)c1csc(Br)c1. The van der Waals surface area contributed by atoms with E-state index in [1.165, 1.54) is 11.3 Å². The van der Waals surface area contributed by atoms with Crippen LogP contribution in [0.3, 0.4) is 0 Å². The van der Waals surface area contributed by atoms with Gasteiger partial charge in [-0.05, 0) is 42.8 Å². The summed E-state index contributed by atoms with van der Waals surface area (Å²) in [5, 5.41) is 1.77. The Morgan fingerprint density at radius 2 is 2.21 bits per heavy atom. The summed E-state index contributed by atoms with van der Waals surface area (Å²) in [5.74, 6) is -0.220. The second kappa shape index (κ2) is 4.42. The van der Waals surface area contributed by atoms with Gasteiger partial charge in [0.05, 0.1) is 15.0 Å². The summed E-state index contributed by atoms with van der Waals surface area (Å²) < 4.78 is 0.929. The molecule has 78 valence electrons. The highest BCUT2D eigenvalue weighted by Crippen LogP contribution is 2.20. The highest BCUT2D eigenvalue weighted by Gasteiger charge is 2.14. The predicted molar refractivity (Wildman–Crippen MR) is 60.3 cm³/mol. The lowest BCUT2D eigenvalue weighted by molar-refractivity contribution is -0.0589. The lowest BCUT2D eigenvalue weighted by Gasteiger charge is -2.18. The maximum Gasteiger partial charge on any atom is 0.275 e. The largest absolute Gasteiger partial charge is 0.275 e. The smallest absolute Gasteiger partial charge is 0.268 e. The zero-order valence-corrected chi connectivity index (χ0v) is 10.7. The highest BCUT2D eigenvalue weighted by molar-refractivity contribution is 9.11. The molecule has 0 spiro atoms. The van der Waals surface area contributed by atoms with Crippen LogP contribution in [0.15, 0.2) is 15.2 Å². The summed E-state index contributed by atoms with van der Waals surface area (Å²) >= 11 is 4.76. The van der Waals surface area contributed by atoms with Crippen molar-refractivity contribution in [3.8, 4) is 0 Å². The third-order valence-corrected chi connectivity index (χ3v) is 2.78. The second-order valence-electron chi connectivity index (χ2n) is 3.79. The number of thiophene rings is 1. The van der Waals surface area contributed by atoms with E-state index in [-0.39, 0.29) is 11.5 Å². The summed E-state index contributed by atoms with van der Waals surface area (Å²) in [7, 11) is 0. The Morgan fingerprint density at radius 3 is 2.64 bits per heavy atom. The van der Waals surface area contributed by atoms with Gasteiger partial charge in [-0.25, -0.2) is 5.48 Å². The first-order chi connectivity index (χ1) is 6.38. The van der Waals surface area contributed by atoms with Gasteiger partial charge in [-0.3, -0.25) is 9.63 Å². The quantitative estimate of drug-likeness (QED) is 0.845. The molecule has 0 radical (unpaired) electrons. The molecule has 0 bridgehead atoms. The molecule has 0 fully saturated rings. The third-order valence-electron chi connectivity index (χ3n) is 1.28. The van der Waals surface area contributed by atoms with Crippen LogP contribution in [0, 0.1) is 0 Å². The van der Waals surface area contributed by atoms with Gasteiger partial charge in [0.2, 0.25) is 0 Å². The van der Waals surface area contributed by atoms with Gasteiger partial charge in [0.15, 0.2) is 0 Å². The zero-order chi connectivity index (χ0) is 10.8. The zero-order valence-electron chi connectivity index (χ0n) is 8.26. The van der Waals surface area contributed by atoms with E-state index in [0.29, 0.717) is 5.56 Å². The summed E-state index contributed by atoms with van der Waals surface area (Å²) in [5.41, 5.74) is 2.63. The number of hydrogen-bond donors (Lipinski definition) is 1. The number of halogens is 1. The fraction of sp³-hybridized carbons (Fsp3) is 0.444. The lowest BCUT2D eigenvalue weighted by atomic mass is 10.2. The molecule has 0 aliphatic heterocycles. The number of amides is 1. The minimum atomic E-state index is -0.372. The van der Waals surface area contributed by atoms with Gasteiger partial charge < -0.3 is 0 Å². The van der Waals surface area contributed by atoms with Crippen LogP contribution in [0.2, 0.25) is 0 Å². The van der Waals surface area contributed by atoms with Gasteiger partial charge in [-0.2, -0.15) is 0 Å². The fourth-order valence-corrected chi connectivity index (χ4v) is 1.82. The summed E-state index contributed by atoms with van der Waals surface area (Å²) in [6.45, 7) is 5.62. The summed E-state index contributed by atoms with van der Waals surface area (Å²) in [6, 6.07) is 1.76. The molecule has 1 aromatic rings. The molecule has 5 heteroatoms. The van der Waals surface area contributed by atoms with E-state index in [2.05, 4.69) is 21.4 Å². The van der Waals surface area contributed by atoms with Crippen LogP contribution < -0.4 is 5.48 Å².